The zero-order chi connectivity index (χ0) is 10.3. The lowest BCUT2D eigenvalue weighted by molar-refractivity contribution is 0.628. The summed E-state index contributed by atoms with van der Waals surface area (Å²) in [6.07, 6.45) is 1.50. The van der Waals surface area contributed by atoms with E-state index in [2.05, 4.69) is 9.97 Å². The lowest BCUT2D eigenvalue weighted by Crippen LogP contribution is -1.93. The molecule has 0 saturated carbocycles. The molecule has 2 heterocycles. The number of hydrogen-bond donors (Lipinski definition) is 1. The first-order valence-corrected chi connectivity index (χ1v) is 4.65. The number of fused-ring (bicyclic) bond motifs is 1. The number of pyridine rings is 2. The number of H-pyrrole nitrogens is 1. The summed E-state index contributed by atoms with van der Waals surface area (Å²) < 4.78 is 14.2. The van der Waals surface area contributed by atoms with Crippen molar-refractivity contribution < 1.29 is 4.39 Å². The van der Waals surface area contributed by atoms with Crippen LogP contribution < -0.4 is 0 Å². The number of aromatic nitrogens is 2. The Hall–Kier alpha value is -1.29. The Balaban J connectivity index is 2.97. The second-order valence-electron chi connectivity index (χ2n) is 3.30. The second kappa shape index (κ2) is 3.13. The van der Waals surface area contributed by atoms with Crippen molar-refractivity contribution in [2.45, 2.75) is 13.8 Å². The molecule has 0 aliphatic heterocycles. The minimum absolute atomic E-state index is 0.232. The van der Waals surface area contributed by atoms with Crippen LogP contribution >= 0.6 is 12.2 Å². The summed E-state index contributed by atoms with van der Waals surface area (Å²) in [7, 11) is 0. The Morgan fingerprint density at radius 2 is 2.07 bits per heavy atom. The van der Waals surface area contributed by atoms with Gasteiger partial charge in [-0.2, -0.15) is 0 Å². The van der Waals surface area contributed by atoms with Crippen LogP contribution in [0.4, 0.5) is 4.39 Å². The maximum absolute atomic E-state index is 13.6. The highest BCUT2D eigenvalue weighted by Crippen LogP contribution is 2.18. The molecule has 0 aliphatic carbocycles. The molecule has 0 aromatic carbocycles. The topological polar surface area (TPSA) is 28.7 Å². The molecule has 0 spiro atoms. The third-order valence-electron chi connectivity index (χ3n) is 2.18. The molecule has 0 fully saturated rings. The van der Waals surface area contributed by atoms with E-state index in [1.807, 2.05) is 6.92 Å². The normalized spacial score (nSPS) is 10.8. The molecule has 0 amide bonds. The van der Waals surface area contributed by atoms with Crippen LogP contribution in [0, 0.1) is 24.3 Å². The molecule has 0 saturated heterocycles. The first kappa shape index (κ1) is 9.27. The summed E-state index contributed by atoms with van der Waals surface area (Å²) >= 11 is 5.04. The zero-order valence-corrected chi connectivity index (χ0v) is 8.70. The molecule has 0 bridgehead atoms. The molecule has 2 nitrogen and oxygen atoms in total. The van der Waals surface area contributed by atoms with E-state index in [9.17, 15) is 4.39 Å². The van der Waals surface area contributed by atoms with Gasteiger partial charge < -0.3 is 4.98 Å². The number of aryl methyl sites for hydroxylation is 2. The maximum atomic E-state index is 13.6. The van der Waals surface area contributed by atoms with E-state index >= 15 is 0 Å². The van der Waals surface area contributed by atoms with E-state index in [1.54, 1.807) is 13.0 Å². The minimum Gasteiger partial charge on any atom is -0.331 e. The molecule has 0 atom stereocenters. The van der Waals surface area contributed by atoms with Crippen LogP contribution in [0.15, 0.2) is 12.3 Å². The fourth-order valence-electron chi connectivity index (χ4n) is 1.32. The van der Waals surface area contributed by atoms with Crippen LogP contribution in [0.25, 0.3) is 11.0 Å². The van der Waals surface area contributed by atoms with Gasteiger partial charge >= 0.3 is 0 Å². The third kappa shape index (κ3) is 1.32. The van der Waals surface area contributed by atoms with Crippen LogP contribution in [-0.2, 0) is 0 Å². The van der Waals surface area contributed by atoms with E-state index < -0.39 is 0 Å². The van der Waals surface area contributed by atoms with Crippen LogP contribution in [0.5, 0.6) is 0 Å². The molecular formula is C10H9FN2S. The lowest BCUT2D eigenvalue weighted by Gasteiger charge is -2.03. The molecule has 4 heteroatoms. The Bertz CT molecular complexity index is 560. The molecule has 0 aliphatic rings. The van der Waals surface area contributed by atoms with Crippen molar-refractivity contribution in [3.8, 4) is 0 Å². The first-order chi connectivity index (χ1) is 6.59. The Labute approximate surface area is 85.8 Å². The van der Waals surface area contributed by atoms with Crippen molar-refractivity contribution in [3.63, 3.8) is 0 Å². The Morgan fingerprint density at radius 3 is 2.79 bits per heavy atom. The Kier molecular flexibility index (Phi) is 2.07. The predicted octanol–water partition coefficient (Wildman–Crippen LogP) is 3.05. The average Bonchev–Trinajstić information content (AvgIpc) is 2.15. The van der Waals surface area contributed by atoms with Gasteiger partial charge in [0.25, 0.3) is 0 Å². The minimum atomic E-state index is -0.232. The van der Waals surface area contributed by atoms with E-state index in [0.717, 1.165) is 5.56 Å². The third-order valence-corrected chi connectivity index (χ3v) is 2.60. The van der Waals surface area contributed by atoms with Crippen molar-refractivity contribution in [1.82, 2.24) is 9.97 Å². The fourth-order valence-corrected chi connectivity index (χ4v) is 1.48. The second-order valence-corrected chi connectivity index (χ2v) is 3.71. The maximum Gasteiger partial charge on any atom is 0.141 e. The highest BCUT2D eigenvalue weighted by Gasteiger charge is 2.06. The summed E-state index contributed by atoms with van der Waals surface area (Å²) in [6, 6.07) is 1.73. The van der Waals surface area contributed by atoms with Gasteiger partial charge in [0.15, 0.2) is 0 Å². The van der Waals surface area contributed by atoms with E-state index in [4.69, 9.17) is 12.2 Å². The molecule has 2 aromatic rings. The summed E-state index contributed by atoms with van der Waals surface area (Å²) in [5.41, 5.74) is 1.91. The van der Waals surface area contributed by atoms with Gasteiger partial charge in [-0.25, -0.2) is 9.37 Å². The summed E-state index contributed by atoms with van der Waals surface area (Å²) in [5.74, 6) is -0.232. The van der Waals surface area contributed by atoms with Crippen LogP contribution in [0.1, 0.15) is 11.1 Å². The lowest BCUT2D eigenvalue weighted by atomic mass is 10.2. The highest BCUT2D eigenvalue weighted by atomic mass is 32.1. The summed E-state index contributed by atoms with van der Waals surface area (Å²) in [4.78, 5) is 6.97. The van der Waals surface area contributed by atoms with E-state index in [-0.39, 0.29) is 5.82 Å². The average molecular weight is 208 g/mol. The number of hydrogen-bond acceptors (Lipinski definition) is 2. The molecule has 72 valence electrons. The van der Waals surface area contributed by atoms with E-state index in [1.165, 1.54) is 6.20 Å². The SMILES string of the molecule is Cc1cnc2[nH]c(=S)c(C)cc2c1F. The van der Waals surface area contributed by atoms with Gasteiger partial charge in [-0.3, -0.25) is 0 Å². The predicted molar refractivity (Wildman–Crippen MR) is 56.4 cm³/mol. The van der Waals surface area contributed by atoms with Crippen molar-refractivity contribution in [3.05, 3.63) is 33.8 Å². The van der Waals surface area contributed by atoms with Gasteiger partial charge in [0.05, 0.1) is 5.39 Å². The van der Waals surface area contributed by atoms with Crippen LogP contribution in [0.3, 0.4) is 0 Å². The largest absolute Gasteiger partial charge is 0.331 e. The first-order valence-electron chi connectivity index (χ1n) is 4.24. The molecule has 0 radical (unpaired) electrons. The molecule has 0 unspecified atom stereocenters. The monoisotopic (exact) mass is 208 g/mol. The van der Waals surface area contributed by atoms with Gasteiger partial charge in [0.2, 0.25) is 0 Å². The van der Waals surface area contributed by atoms with Crippen molar-refractivity contribution in [2.75, 3.05) is 0 Å². The smallest absolute Gasteiger partial charge is 0.141 e. The van der Waals surface area contributed by atoms with Crippen LogP contribution in [0.2, 0.25) is 0 Å². The summed E-state index contributed by atoms with van der Waals surface area (Å²) in [6.45, 7) is 3.54. The Morgan fingerprint density at radius 1 is 1.36 bits per heavy atom. The number of halogens is 1. The highest BCUT2D eigenvalue weighted by molar-refractivity contribution is 7.71. The molecule has 2 rings (SSSR count). The van der Waals surface area contributed by atoms with Crippen LogP contribution in [-0.4, -0.2) is 9.97 Å². The molecule has 2 aromatic heterocycles. The summed E-state index contributed by atoms with van der Waals surface area (Å²) in [5, 5.41) is 0.496. The number of aromatic amines is 1. The zero-order valence-electron chi connectivity index (χ0n) is 7.89. The number of nitrogens with one attached hydrogen (secondary N) is 1. The van der Waals surface area contributed by atoms with Crippen molar-refractivity contribution in [2.24, 2.45) is 0 Å². The standard InChI is InChI=1S/C10H9FN2S/c1-5-3-7-8(11)6(2)4-12-9(7)13-10(5)14/h3-4H,1-2H3,(H,12,13,14). The van der Waals surface area contributed by atoms with Crippen molar-refractivity contribution >= 4 is 23.3 Å². The number of nitrogens with zero attached hydrogens (tertiary/aromatic N) is 1. The van der Waals surface area contributed by atoms with Gasteiger partial charge in [0, 0.05) is 11.8 Å². The quantitative estimate of drug-likeness (QED) is 0.674. The fraction of sp³-hybridized carbons (Fsp3) is 0.200. The van der Waals surface area contributed by atoms with E-state index in [0.29, 0.717) is 21.2 Å². The van der Waals surface area contributed by atoms with Gasteiger partial charge in [-0.15, -0.1) is 0 Å². The van der Waals surface area contributed by atoms with Gasteiger partial charge in [-0.1, -0.05) is 12.2 Å². The molecule has 1 N–H and O–H groups in total. The van der Waals surface area contributed by atoms with Gasteiger partial charge in [0.1, 0.15) is 16.1 Å². The molecular weight excluding hydrogens is 199 g/mol. The van der Waals surface area contributed by atoms with Gasteiger partial charge in [-0.05, 0) is 25.5 Å². The molecule has 14 heavy (non-hydrogen) atoms. The number of rotatable bonds is 0. The van der Waals surface area contributed by atoms with Crippen molar-refractivity contribution in [1.29, 1.82) is 0 Å².